The molecule has 5 nitrogen and oxygen atoms in total. The Morgan fingerprint density at radius 3 is 2.47 bits per heavy atom. The van der Waals surface area contributed by atoms with Crippen molar-refractivity contribution in [1.29, 1.82) is 0 Å². The molecule has 0 aromatic heterocycles. The molecule has 2 aliphatic rings. The maximum Gasteiger partial charge on any atom is 0.281 e. The molecule has 1 saturated heterocycles. The van der Waals surface area contributed by atoms with Crippen LogP contribution in [-0.4, -0.2) is 49.8 Å². The molecule has 0 aromatic carbocycles. The molecule has 17 heavy (non-hydrogen) atoms. The van der Waals surface area contributed by atoms with Crippen LogP contribution in [0.15, 0.2) is 0 Å². The molecule has 1 aliphatic heterocycles. The lowest BCUT2D eigenvalue weighted by atomic mass is 10.0. The van der Waals surface area contributed by atoms with Crippen LogP contribution in [0.25, 0.3) is 0 Å². The third kappa shape index (κ3) is 2.65. The van der Waals surface area contributed by atoms with E-state index in [0.717, 1.165) is 32.1 Å². The van der Waals surface area contributed by atoms with E-state index in [9.17, 15) is 8.42 Å². The lowest BCUT2D eigenvalue weighted by Crippen LogP contribution is -2.55. The second-order valence-electron chi connectivity index (χ2n) is 5.24. The van der Waals surface area contributed by atoms with E-state index in [1.54, 1.807) is 11.4 Å². The van der Waals surface area contributed by atoms with E-state index in [0.29, 0.717) is 25.6 Å². The first-order valence-electron chi connectivity index (χ1n) is 6.49. The smallest absolute Gasteiger partial charge is 0.281 e. The first kappa shape index (κ1) is 13.3. The molecule has 0 amide bonds. The maximum atomic E-state index is 12.3. The Hall–Kier alpha value is -0.170. The van der Waals surface area contributed by atoms with Crippen LogP contribution in [0.1, 0.15) is 32.1 Å². The highest BCUT2D eigenvalue weighted by Crippen LogP contribution is 2.30. The van der Waals surface area contributed by atoms with Crippen molar-refractivity contribution in [2.45, 2.75) is 38.1 Å². The molecule has 0 spiro atoms. The highest BCUT2D eigenvalue weighted by atomic mass is 32.2. The molecule has 1 atom stereocenters. The second kappa shape index (κ2) is 5.22. The van der Waals surface area contributed by atoms with Crippen LogP contribution < -0.4 is 5.73 Å². The Kier molecular flexibility index (Phi) is 4.07. The molecule has 1 heterocycles. The van der Waals surface area contributed by atoms with Gasteiger partial charge in [-0.3, -0.25) is 0 Å². The molecule has 100 valence electrons. The average molecular weight is 261 g/mol. The van der Waals surface area contributed by atoms with E-state index in [1.165, 1.54) is 4.31 Å². The van der Waals surface area contributed by atoms with Crippen LogP contribution in [0.3, 0.4) is 0 Å². The molecule has 1 unspecified atom stereocenters. The Balaban J connectivity index is 2.14. The first-order chi connectivity index (χ1) is 8.05. The topological polar surface area (TPSA) is 66.6 Å². The van der Waals surface area contributed by atoms with Gasteiger partial charge in [-0.1, -0.05) is 12.8 Å². The summed E-state index contributed by atoms with van der Waals surface area (Å²) in [7, 11) is -1.53. The summed E-state index contributed by atoms with van der Waals surface area (Å²) in [4.78, 5) is 0. The van der Waals surface area contributed by atoms with Crippen molar-refractivity contribution in [2.24, 2.45) is 11.7 Å². The molecule has 0 aromatic rings. The molecule has 1 saturated carbocycles. The molecule has 6 heteroatoms. The summed E-state index contributed by atoms with van der Waals surface area (Å²) in [5, 5.41) is 0. The van der Waals surface area contributed by atoms with Gasteiger partial charge in [0.1, 0.15) is 0 Å². The Bertz CT molecular complexity index is 352. The van der Waals surface area contributed by atoms with Crippen LogP contribution in [0, 0.1) is 5.92 Å². The van der Waals surface area contributed by atoms with Crippen molar-refractivity contribution < 1.29 is 8.42 Å². The van der Waals surface area contributed by atoms with Gasteiger partial charge >= 0.3 is 0 Å². The third-order valence-corrected chi connectivity index (χ3v) is 5.93. The predicted molar refractivity (Wildman–Crippen MR) is 67.7 cm³/mol. The van der Waals surface area contributed by atoms with Crippen molar-refractivity contribution in [3.05, 3.63) is 0 Å². The highest BCUT2D eigenvalue weighted by Gasteiger charge is 2.40. The van der Waals surface area contributed by atoms with Crippen molar-refractivity contribution >= 4 is 10.2 Å². The minimum atomic E-state index is -3.21. The lowest BCUT2D eigenvalue weighted by molar-refractivity contribution is 0.199. The average Bonchev–Trinajstić information content (AvgIpc) is 2.77. The van der Waals surface area contributed by atoms with Crippen LogP contribution in [0.5, 0.6) is 0 Å². The van der Waals surface area contributed by atoms with Gasteiger partial charge in [0, 0.05) is 26.2 Å². The number of nitrogens with two attached hydrogens (primary N) is 1. The fourth-order valence-electron chi connectivity index (χ4n) is 2.99. The largest absolute Gasteiger partial charge is 0.330 e. The number of hydrogen-bond acceptors (Lipinski definition) is 3. The molecule has 1 aliphatic carbocycles. The van der Waals surface area contributed by atoms with Crippen LogP contribution >= 0.6 is 0 Å². The zero-order valence-electron chi connectivity index (χ0n) is 10.5. The quantitative estimate of drug-likeness (QED) is 0.799. The van der Waals surface area contributed by atoms with Gasteiger partial charge in [0.15, 0.2) is 0 Å². The molecule has 2 fully saturated rings. The normalized spacial score (nSPS) is 32.0. The van der Waals surface area contributed by atoms with Crippen molar-refractivity contribution in [3.63, 3.8) is 0 Å². The Morgan fingerprint density at radius 2 is 1.88 bits per heavy atom. The summed E-state index contributed by atoms with van der Waals surface area (Å²) in [5.41, 5.74) is 5.58. The zero-order valence-corrected chi connectivity index (χ0v) is 11.3. The van der Waals surface area contributed by atoms with Gasteiger partial charge in [-0.25, -0.2) is 0 Å². The van der Waals surface area contributed by atoms with Crippen molar-refractivity contribution in [1.82, 2.24) is 8.61 Å². The Morgan fingerprint density at radius 1 is 1.24 bits per heavy atom. The van der Waals surface area contributed by atoms with Gasteiger partial charge in [-0.05, 0) is 31.7 Å². The maximum absolute atomic E-state index is 12.3. The Labute approximate surface area is 104 Å². The second-order valence-corrected chi connectivity index (χ2v) is 7.23. The van der Waals surface area contributed by atoms with E-state index in [4.69, 9.17) is 5.73 Å². The standard InChI is InChI=1S/C11H23N3O2S/c1-13-8-10(6-7-12)9-14(17(13,15)16)11-4-2-3-5-11/h10-11H,2-9,12H2,1H3. The molecular formula is C11H23N3O2S. The molecule has 2 N–H and O–H groups in total. The summed E-state index contributed by atoms with van der Waals surface area (Å²) in [6.45, 7) is 1.91. The van der Waals surface area contributed by atoms with E-state index < -0.39 is 10.2 Å². The summed E-state index contributed by atoms with van der Waals surface area (Å²) in [6.07, 6.45) is 5.25. The summed E-state index contributed by atoms with van der Waals surface area (Å²) >= 11 is 0. The van der Waals surface area contributed by atoms with E-state index in [-0.39, 0.29) is 6.04 Å². The van der Waals surface area contributed by atoms with Gasteiger partial charge in [-0.2, -0.15) is 17.0 Å². The van der Waals surface area contributed by atoms with E-state index in [1.807, 2.05) is 0 Å². The van der Waals surface area contributed by atoms with Gasteiger partial charge < -0.3 is 5.73 Å². The zero-order chi connectivity index (χ0) is 12.5. The molecule has 0 radical (unpaired) electrons. The molecular weight excluding hydrogens is 238 g/mol. The fourth-order valence-corrected chi connectivity index (χ4v) is 4.74. The van der Waals surface area contributed by atoms with Gasteiger partial charge in [0.2, 0.25) is 0 Å². The molecule has 2 rings (SSSR count). The fraction of sp³-hybridized carbons (Fsp3) is 1.00. The van der Waals surface area contributed by atoms with Crippen molar-refractivity contribution in [2.75, 3.05) is 26.7 Å². The summed E-state index contributed by atoms with van der Waals surface area (Å²) < 4.78 is 27.8. The van der Waals surface area contributed by atoms with Gasteiger partial charge in [0.25, 0.3) is 10.2 Å². The molecule has 0 bridgehead atoms. The van der Waals surface area contributed by atoms with Crippen molar-refractivity contribution in [3.8, 4) is 0 Å². The number of hydrogen-bond donors (Lipinski definition) is 1. The van der Waals surface area contributed by atoms with E-state index in [2.05, 4.69) is 0 Å². The highest BCUT2D eigenvalue weighted by molar-refractivity contribution is 7.86. The first-order valence-corrected chi connectivity index (χ1v) is 7.88. The van der Waals surface area contributed by atoms with Crippen LogP contribution in [0.4, 0.5) is 0 Å². The summed E-state index contributed by atoms with van der Waals surface area (Å²) in [6, 6.07) is 0.225. The minimum absolute atomic E-state index is 0.225. The summed E-state index contributed by atoms with van der Waals surface area (Å²) in [5.74, 6) is 0.383. The minimum Gasteiger partial charge on any atom is -0.330 e. The van der Waals surface area contributed by atoms with Crippen LogP contribution in [-0.2, 0) is 10.2 Å². The van der Waals surface area contributed by atoms with E-state index >= 15 is 0 Å². The monoisotopic (exact) mass is 261 g/mol. The van der Waals surface area contributed by atoms with Gasteiger partial charge in [-0.15, -0.1) is 0 Å². The lowest BCUT2D eigenvalue weighted by Gasteiger charge is -2.40. The third-order valence-electron chi connectivity index (χ3n) is 3.95. The SMILES string of the molecule is CN1CC(CCN)CN(C2CCCC2)S1(=O)=O. The number of rotatable bonds is 3. The van der Waals surface area contributed by atoms with Crippen LogP contribution in [0.2, 0.25) is 0 Å². The number of nitrogens with zero attached hydrogens (tertiary/aromatic N) is 2. The van der Waals surface area contributed by atoms with Gasteiger partial charge in [0.05, 0.1) is 0 Å². The predicted octanol–water partition coefficient (Wildman–Crippen LogP) is 0.386.